The Hall–Kier alpha value is -1.81. The van der Waals surface area contributed by atoms with Gasteiger partial charge in [-0.1, -0.05) is 29.8 Å². The Bertz CT molecular complexity index is 557. The van der Waals surface area contributed by atoms with Gasteiger partial charge in [-0.25, -0.2) is 0 Å². The second-order valence-electron chi connectivity index (χ2n) is 4.61. The maximum atomic E-state index is 11.7. The lowest BCUT2D eigenvalue weighted by Crippen LogP contribution is -2.24. The lowest BCUT2D eigenvalue weighted by atomic mass is 10.2. The number of nitrogens with one attached hydrogen (secondary N) is 1. The van der Waals surface area contributed by atoms with Crippen LogP contribution in [0.4, 0.5) is 0 Å². The molecule has 0 bridgehead atoms. The fourth-order valence-electron chi connectivity index (χ4n) is 1.82. The van der Waals surface area contributed by atoms with Gasteiger partial charge in [0.2, 0.25) is 5.91 Å². The summed E-state index contributed by atoms with van der Waals surface area (Å²) < 4.78 is 0. The molecule has 3 nitrogen and oxygen atoms in total. The Morgan fingerprint density at radius 3 is 2.75 bits per heavy atom. The number of aryl methyl sites for hydroxylation is 1. The zero-order chi connectivity index (χ0) is 14.2. The van der Waals surface area contributed by atoms with E-state index in [1.807, 2.05) is 12.1 Å². The van der Waals surface area contributed by atoms with Crippen LogP contribution in [-0.4, -0.2) is 16.6 Å². The van der Waals surface area contributed by atoms with E-state index in [9.17, 15) is 4.79 Å². The van der Waals surface area contributed by atoms with Crippen molar-refractivity contribution in [3.63, 3.8) is 0 Å². The van der Waals surface area contributed by atoms with E-state index in [2.05, 4.69) is 41.5 Å². The van der Waals surface area contributed by atoms with Gasteiger partial charge in [-0.15, -0.1) is 11.8 Å². The number of nitrogens with zero attached hydrogens (tertiary/aromatic N) is 1. The van der Waals surface area contributed by atoms with Crippen molar-refractivity contribution in [2.24, 2.45) is 0 Å². The summed E-state index contributed by atoms with van der Waals surface area (Å²) in [5.41, 5.74) is 3.58. The average molecular weight is 286 g/mol. The molecule has 1 N–H and O–H groups in total. The van der Waals surface area contributed by atoms with Crippen LogP contribution in [0.1, 0.15) is 16.7 Å². The van der Waals surface area contributed by atoms with E-state index in [-0.39, 0.29) is 5.91 Å². The molecule has 0 aliphatic rings. The first kappa shape index (κ1) is 14.6. The van der Waals surface area contributed by atoms with Gasteiger partial charge in [-0.3, -0.25) is 9.78 Å². The summed E-state index contributed by atoms with van der Waals surface area (Å²) in [6.07, 6.45) is 3.46. The highest BCUT2D eigenvalue weighted by Gasteiger charge is 2.02. The van der Waals surface area contributed by atoms with Crippen LogP contribution in [0.25, 0.3) is 0 Å². The van der Waals surface area contributed by atoms with Crippen LogP contribution < -0.4 is 5.32 Å². The van der Waals surface area contributed by atoms with Gasteiger partial charge in [0.15, 0.2) is 0 Å². The monoisotopic (exact) mass is 286 g/mol. The summed E-state index contributed by atoms with van der Waals surface area (Å²) in [6, 6.07) is 12.2. The Labute approximate surface area is 123 Å². The van der Waals surface area contributed by atoms with Crippen molar-refractivity contribution in [3.05, 3.63) is 65.5 Å². The van der Waals surface area contributed by atoms with Crippen LogP contribution >= 0.6 is 11.8 Å². The van der Waals surface area contributed by atoms with Crippen molar-refractivity contribution >= 4 is 17.7 Å². The normalized spacial score (nSPS) is 10.2. The molecule has 4 heteroatoms. The Morgan fingerprint density at radius 1 is 1.20 bits per heavy atom. The summed E-state index contributed by atoms with van der Waals surface area (Å²) >= 11 is 1.63. The first-order valence-electron chi connectivity index (χ1n) is 6.53. The molecule has 2 rings (SSSR count). The summed E-state index contributed by atoms with van der Waals surface area (Å²) in [5.74, 6) is 1.42. The number of thioether (sulfide) groups is 1. The van der Waals surface area contributed by atoms with E-state index in [0.717, 1.165) is 11.3 Å². The van der Waals surface area contributed by atoms with Crippen LogP contribution in [-0.2, 0) is 17.1 Å². The molecule has 0 aliphatic heterocycles. The maximum absolute atomic E-state index is 11.7. The molecular weight excluding hydrogens is 268 g/mol. The Kier molecular flexibility index (Phi) is 5.62. The highest BCUT2D eigenvalue weighted by Crippen LogP contribution is 2.13. The van der Waals surface area contributed by atoms with E-state index in [4.69, 9.17) is 0 Å². The minimum Gasteiger partial charge on any atom is -0.351 e. The van der Waals surface area contributed by atoms with Gasteiger partial charge < -0.3 is 5.32 Å². The Morgan fingerprint density at radius 2 is 2.00 bits per heavy atom. The molecule has 2 aromatic rings. The summed E-state index contributed by atoms with van der Waals surface area (Å²) in [7, 11) is 0. The lowest BCUT2D eigenvalue weighted by molar-refractivity contribution is -0.118. The highest BCUT2D eigenvalue weighted by molar-refractivity contribution is 7.99. The SMILES string of the molecule is Cc1cccc(CSCC(=O)NCc2ccncc2)c1. The molecule has 1 aromatic heterocycles. The number of benzene rings is 1. The minimum absolute atomic E-state index is 0.0689. The van der Waals surface area contributed by atoms with Crippen LogP contribution in [0.3, 0.4) is 0 Å². The van der Waals surface area contributed by atoms with Crippen molar-refractivity contribution in [2.75, 3.05) is 5.75 Å². The number of hydrogen-bond acceptors (Lipinski definition) is 3. The number of rotatable bonds is 6. The third-order valence-electron chi connectivity index (χ3n) is 2.82. The van der Waals surface area contributed by atoms with Gasteiger partial charge in [0, 0.05) is 24.7 Å². The number of carbonyl (C=O) groups excluding carboxylic acids is 1. The van der Waals surface area contributed by atoms with Crippen LogP contribution in [0, 0.1) is 6.92 Å². The van der Waals surface area contributed by atoms with Crippen LogP contribution in [0.2, 0.25) is 0 Å². The fraction of sp³-hybridized carbons (Fsp3) is 0.250. The second kappa shape index (κ2) is 7.70. The average Bonchev–Trinajstić information content (AvgIpc) is 2.46. The topological polar surface area (TPSA) is 42.0 Å². The molecule has 0 radical (unpaired) electrons. The van der Waals surface area contributed by atoms with E-state index >= 15 is 0 Å². The molecule has 1 aromatic carbocycles. The van der Waals surface area contributed by atoms with Crippen molar-refractivity contribution < 1.29 is 4.79 Å². The molecule has 0 saturated heterocycles. The summed E-state index contributed by atoms with van der Waals surface area (Å²) in [6.45, 7) is 2.64. The molecule has 20 heavy (non-hydrogen) atoms. The minimum atomic E-state index is 0.0689. The van der Waals surface area contributed by atoms with Crippen molar-refractivity contribution in [3.8, 4) is 0 Å². The fourth-order valence-corrected chi connectivity index (χ4v) is 2.62. The van der Waals surface area contributed by atoms with Crippen molar-refractivity contribution in [1.82, 2.24) is 10.3 Å². The zero-order valence-electron chi connectivity index (χ0n) is 11.5. The summed E-state index contributed by atoms with van der Waals surface area (Å²) in [4.78, 5) is 15.7. The third-order valence-corrected chi connectivity index (χ3v) is 3.83. The molecule has 1 heterocycles. The molecule has 0 unspecified atom stereocenters. The van der Waals surface area contributed by atoms with Gasteiger partial charge in [-0.2, -0.15) is 0 Å². The second-order valence-corrected chi connectivity index (χ2v) is 5.60. The number of aromatic nitrogens is 1. The quantitative estimate of drug-likeness (QED) is 0.887. The van der Waals surface area contributed by atoms with Crippen molar-refractivity contribution in [1.29, 1.82) is 0 Å². The molecule has 104 valence electrons. The smallest absolute Gasteiger partial charge is 0.230 e. The first-order valence-corrected chi connectivity index (χ1v) is 7.68. The van der Waals surface area contributed by atoms with Gasteiger partial charge >= 0.3 is 0 Å². The molecule has 0 spiro atoms. The molecule has 0 fully saturated rings. The van der Waals surface area contributed by atoms with Crippen molar-refractivity contribution in [2.45, 2.75) is 19.2 Å². The zero-order valence-corrected chi connectivity index (χ0v) is 12.3. The number of amides is 1. The standard InChI is InChI=1S/C16H18N2OS/c1-13-3-2-4-15(9-13)11-20-12-16(19)18-10-14-5-7-17-8-6-14/h2-9H,10-12H2,1H3,(H,18,19). The maximum Gasteiger partial charge on any atom is 0.230 e. The lowest BCUT2D eigenvalue weighted by Gasteiger charge is -2.05. The third kappa shape index (κ3) is 5.05. The molecule has 0 aliphatic carbocycles. The Balaban J connectivity index is 1.68. The first-order chi connectivity index (χ1) is 9.74. The summed E-state index contributed by atoms with van der Waals surface area (Å²) in [5, 5.41) is 2.91. The van der Waals surface area contributed by atoms with E-state index in [1.54, 1.807) is 24.2 Å². The van der Waals surface area contributed by atoms with Gasteiger partial charge in [0.25, 0.3) is 0 Å². The molecule has 0 saturated carbocycles. The van der Waals surface area contributed by atoms with Gasteiger partial charge in [-0.05, 0) is 30.2 Å². The number of carbonyl (C=O) groups is 1. The van der Waals surface area contributed by atoms with E-state index in [1.165, 1.54) is 11.1 Å². The molecule has 1 amide bonds. The largest absolute Gasteiger partial charge is 0.351 e. The predicted molar refractivity (Wildman–Crippen MR) is 83.4 cm³/mol. The highest BCUT2D eigenvalue weighted by atomic mass is 32.2. The molecule has 0 atom stereocenters. The number of pyridine rings is 1. The van der Waals surface area contributed by atoms with E-state index < -0.39 is 0 Å². The number of hydrogen-bond donors (Lipinski definition) is 1. The predicted octanol–water partition coefficient (Wildman–Crippen LogP) is 2.94. The van der Waals surface area contributed by atoms with Gasteiger partial charge in [0.05, 0.1) is 5.75 Å². The van der Waals surface area contributed by atoms with Crippen LogP contribution in [0.5, 0.6) is 0 Å². The van der Waals surface area contributed by atoms with E-state index in [0.29, 0.717) is 12.3 Å². The van der Waals surface area contributed by atoms with Gasteiger partial charge in [0.1, 0.15) is 0 Å². The van der Waals surface area contributed by atoms with Crippen LogP contribution in [0.15, 0.2) is 48.8 Å². The molecular formula is C16H18N2OS.